The van der Waals surface area contributed by atoms with E-state index in [1.807, 2.05) is 0 Å². The topological polar surface area (TPSA) is 20.2 Å². The normalized spacial score (nSPS) is 14.4. The lowest BCUT2D eigenvalue weighted by atomic mass is 11.5. The van der Waals surface area contributed by atoms with Gasteiger partial charge < -0.3 is 0 Å². The van der Waals surface area contributed by atoms with Crippen molar-refractivity contribution < 1.29 is 30.9 Å². The van der Waals surface area contributed by atoms with Crippen molar-refractivity contribution in [3.05, 3.63) is 0 Å². The quantitative estimate of drug-likeness (QED) is 0.455. The first-order valence-electron chi connectivity index (χ1n) is 1.72. The SMILES string of the molecule is O[S+](C(F)(F)F)C(F)(F)F. The van der Waals surface area contributed by atoms with Gasteiger partial charge in [0.15, 0.2) is 0 Å². The van der Waals surface area contributed by atoms with E-state index in [1.54, 1.807) is 0 Å². The smallest absolute Gasteiger partial charge is 0.172 e. The molecule has 0 spiro atoms. The molecule has 0 saturated heterocycles. The number of hydrogen-bond acceptors (Lipinski definition) is 1. The van der Waals surface area contributed by atoms with Crippen LogP contribution >= 0.6 is 0 Å². The Hall–Kier alpha value is -0.110. The van der Waals surface area contributed by atoms with Gasteiger partial charge >= 0.3 is 22.2 Å². The summed E-state index contributed by atoms with van der Waals surface area (Å²) in [6.45, 7) is 0. The largest absolute Gasteiger partial charge is 0.617 e. The maximum atomic E-state index is 11.0. The predicted molar refractivity (Wildman–Crippen MR) is 22.1 cm³/mol. The highest BCUT2D eigenvalue weighted by Gasteiger charge is 2.70. The Kier molecular flexibility index (Phi) is 2.47. The highest BCUT2D eigenvalue weighted by molar-refractivity contribution is 7.93. The molecule has 0 aromatic carbocycles. The van der Waals surface area contributed by atoms with Crippen LogP contribution in [0.1, 0.15) is 0 Å². The van der Waals surface area contributed by atoms with Crippen LogP contribution in [-0.2, 0) is 11.2 Å². The van der Waals surface area contributed by atoms with Crippen molar-refractivity contribution in [2.45, 2.75) is 11.0 Å². The minimum atomic E-state index is -5.60. The van der Waals surface area contributed by atoms with Crippen molar-refractivity contribution in [2.75, 3.05) is 0 Å². The number of rotatable bonds is 0. The molecule has 0 aliphatic carbocycles. The molecule has 8 heteroatoms. The molecule has 0 amide bonds. The van der Waals surface area contributed by atoms with Crippen LogP contribution in [0, 0.1) is 0 Å². The summed E-state index contributed by atoms with van der Waals surface area (Å²) >= 11 is -4.50. The molecule has 0 aromatic rings. The van der Waals surface area contributed by atoms with E-state index in [-0.39, 0.29) is 0 Å². The average Bonchev–Trinajstić information content (AvgIpc) is 1.59. The van der Waals surface area contributed by atoms with Gasteiger partial charge in [0.05, 0.1) is 0 Å². The molecule has 0 fully saturated rings. The van der Waals surface area contributed by atoms with Crippen LogP contribution in [0.15, 0.2) is 0 Å². The molecule has 0 aromatic heterocycles. The van der Waals surface area contributed by atoms with Crippen LogP contribution in [0.4, 0.5) is 26.3 Å². The third-order valence-electron chi connectivity index (χ3n) is 0.438. The van der Waals surface area contributed by atoms with Crippen LogP contribution in [0.3, 0.4) is 0 Å². The summed E-state index contributed by atoms with van der Waals surface area (Å²) in [7, 11) is 0. The van der Waals surface area contributed by atoms with E-state index in [4.69, 9.17) is 4.55 Å². The van der Waals surface area contributed by atoms with E-state index < -0.39 is 22.2 Å². The summed E-state index contributed by atoms with van der Waals surface area (Å²) in [5.41, 5.74) is -11.2. The standard InChI is InChI=1S/C2HF6OS/c3-1(4,5)10(9)2(6,7)8/h9H/q+1. The third kappa shape index (κ3) is 2.65. The predicted octanol–water partition coefficient (Wildman–Crippen LogP) is 2.12. The molecule has 0 rings (SSSR count). The molecule has 62 valence electrons. The van der Waals surface area contributed by atoms with Gasteiger partial charge in [0.1, 0.15) is 0 Å². The van der Waals surface area contributed by atoms with Gasteiger partial charge in [0.25, 0.3) is 0 Å². The van der Waals surface area contributed by atoms with E-state index in [0.29, 0.717) is 0 Å². The van der Waals surface area contributed by atoms with Crippen LogP contribution in [0.2, 0.25) is 0 Å². The van der Waals surface area contributed by atoms with Crippen molar-refractivity contribution in [1.82, 2.24) is 0 Å². The molecule has 0 heterocycles. The monoisotopic (exact) mass is 187 g/mol. The van der Waals surface area contributed by atoms with Gasteiger partial charge in [0.2, 0.25) is 0 Å². The van der Waals surface area contributed by atoms with Gasteiger partial charge in [-0.1, -0.05) is 0 Å². The first kappa shape index (κ1) is 9.89. The highest BCUT2D eigenvalue weighted by Crippen LogP contribution is 2.36. The Morgan fingerprint density at radius 3 is 1.00 bits per heavy atom. The van der Waals surface area contributed by atoms with Crippen molar-refractivity contribution >= 4 is 11.2 Å². The molecule has 10 heavy (non-hydrogen) atoms. The summed E-state index contributed by atoms with van der Waals surface area (Å²) in [6, 6.07) is 0. The van der Waals surface area contributed by atoms with Gasteiger partial charge in [-0.2, -0.15) is 4.55 Å². The fourth-order valence-electron chi connectivity index (χ4n) is 0.131. The molecule has 0 unspecified atom stereocenters. The Balaban J connectivity index is 4.23. The summed E-state index contributed by atoms with van der Waals surface area (Å²) in [4.78, 5) is 0. The zero-order valence-corrected chi connectivity index (χ0v) is 4.94. The zero-order chi connectivity index (χ0) is 8.58. The molecule has 0 radical (unpaired) electrons. The molecule has 0 aliphatic heterocycles. The van der Waals surface area contributed by atoms with Crippen molar-refractivity contribution in [3.8, 4) is 0 Å². The molecule has 1 nitrogen and oxygen atoms in total. The van der Waals surface area contributed by atoms with Crippen LogP contribution < -0.4 is 0 Å². The van der Waals surface area contributed by atoms with Gasteiger partial charge in [0, 0.05) is 0 Å². The lowest BCUT2D eigenvalue weighted by Gasteiger charge is -2.03. The first-order valence-corrected chi connectivity index (χ1v) is 2.91. The van der Waals surface area contributed by atoms with E-state index in [1.165, 1.54) is 0 Å². The number of hydrogen-bond donors (Lipinski definition) is 1. The molecular weight excluding hydrogens is 186 g/mol. The van der Waals surface area contributed by atoms with Crippen LogP contribution in [0.25, 0.3) is 0 Å². The Labute approximate surface area is 54.2 Å². The van der Waals surface area contributed by atoms with Crippen LogP contribution in [-0.4, -0.2) is 15.6 Å². The average molecular weight is 187 g/mol. The second kappa shape index (κ2) is 2.50. The van der Waals surface area contributed by atoms with Crippen LogP contribution in [0.5, 0.6) is 0 Å². The maximum absolute atomic E-state index is 11.0. The van der Waals surface area contributed by atoms with E-state index in [2.05, 4.69) is 0 Å². The number of halogens is 6. The first-order chi connectivity index (χ1) is 4.15. The van der Waals surface area contributed by atoms with Gasteiger partial charge in [-0.3, -0.25) is 0 Å². The van der Waals surface area contributed by atoms with E-state index in [9.17, 15) is 26.3 Å². The minimum absolute atomic E-state index is 4.50. The van der Waals surface area contributed by atoms with Gasteiger partial charge in [-0.15, -0.1) is 26.3 Å². The second-order valence-electron chi connectivity index (χ2n) is 1.18. The third-order valence-corrected chi connectivity index (χ3v) is 1.32. The fourth-order valence-corrected chi connectivity index (χ4v) is 0.394. The Bertz CT molecular complexity index is 99.9. The lowest BCUT2D eigenvalue weighted by Crippen LogP contribution is -2.35. The molecule has 0 saturated carbocycles. The maximum Gasteiger partial charge on any atom is 0.617 e. The summed E-state index contributed by atoms with van der Waals surface area (Å²) in [6.07, 6.45) is 0. The van der Waals surface area contributed by atoms with Crippen molar-refractivity contribution in [3.63, 3.8) is 0 Å². The summed E-state index contributed by atoms with van der Waals surface area (Å²) < 4.78 is 73.4. The zero-order valence-electron chi connectivity index (χ0n) is 4.12. The summed E-state index contributed by atoms with van der Waals surface area (Å²) in [5.74, 6) is 0. The van der Waals surface area contributed by atoms with Crippen molar-refractivity contribution in [2.24, 2.45) is 0 Å². The van der Waals surface area contributed by atoms with Crippen molar-refractivity contribution in [1.29, 1.82) is 0 Å². The van der Waals surface area contributed by atoms with Gasteiger partial charge in [-0.25, -0.2) is 0 Å². The fraction of sp³-hybridized carbons (Fsp3) is 1.00. The lowest BCUT2D eigenvalue weighted by molar-refractivity contribution is -0.0871. The molecule has 0 aliphatic rings. The minimum Gasteiger partial charge on any atom is -0.172 e. The Morgan fingerprint density at radius 1 is 0.800 bits per heavy atom. The molecule has 0 atom stereocenters. The second-order valence-corrected chi connectivity index (χ2v) is 2.67. The van der Waals surface area contributed by atoms with E-state index >= 15 is 0 Å². The molecule has 0 bridgehead atoms. The highest BCUT2D eigenvalue weighted by atomic mass is 32.2. The summed E-state index contributed by atoms with van der Waals surface area (Å²) in [5, 5.41) is 0. The molecule has 1 N–H and O–H groups in total. The number of alkyl halides is 6. The van der Waals surface area contributed by atoms with E-state index in [0.717, 1.165) is 0 Å². The Morgan fingerprint density at radius 2 is 1.00 bits per heavy atom. The van der Waals surface area contributed by atoms with Gasteiger partial charge in [-0.05, 0) is 0 Å². The molecular formula is C2HF6OS+.